The Bertz CT molecular complexity index is 435. The third-order valence-electron chi connectivity index (χ3n) is 2.65. The molecule has 0 unspecified atom stereocenters. The van der Waals surface area contributed by atoms with Crippen molar-refractivity contribution in [3.8, 4) is 0 Å². The van der Waals surface area contributed by atoms with Crippen molar-refractivity contribution in [2.45, 2.75) is 62.5 Å². The normalized spacial score (nSPS) is 17.6. The van der Waals surface area contributed by atoms with E-state index in [1.54, 1.807) is 4.68 Å². The Morgan fingerprint density at radius 1 is 1.50 bits per heavy atom. The minimum absolute atomic E-state index is 0.0611. The highest BCUT2D eigenvalue weighted by Gasteiger charge is 2.28. The van der Waals surface area contributed by atoms with E-state index in [0.29, 0.717) is 11.2 Å². The van der Waals surface area contributed by atoms with Gasteiger partial charge in [0.15, 0.2) is 0 Å². The van der Waals surface area contributed by atoms with E-state index in [1.807, 2.05) is 27.7 Å². The van der Waals surface area contributed by atoms with Gasteiger partial charge in [0.1, 0.15) is 0 Å². The maximum absolute atomic E-state index is 11.9. The molecule has 0 radical (unpaired) electrons. The topological polar surface area (TPSA) is 72.7 Å². The van der Waals surface area contributed by atoms with Crippen molar-refractivity contribution in [3.05, 3.63) is 0 Å². The van der Waals surface area contributed by atoms with Crippen LogP contribution < -0.4 is 5.32 Å². The average Bonchev–Trinajstić information content (AvgIpc) is 2.92. The van der Waals surface area contributed by atoms with E-state index in [-0.39, 0.29) is 16.7 Å². The van der Waals surface area contributed by atoms with Crippen LogP contribution in [0.5, 0.6) is 0 Å². The van der Waals surface area contributed by atoms with E-state index in [1.165, 1.54) is 11.8 Å². The molecule has 1 aromatic rings. The number of carbonyl (C=O) groups is 1. The van der Waals surface area contributed by atoms with Crippen LogP contribution in [0.3, 0.4) is 0 Å². The van der Waals surface area contributed by atoms with Crippen LogP contribution in [0, 0.1) is 0 Å². The second-order valence-corrected chi connectivity index (χ2v) is 6.89. The molecule has 1 saturated carbocycles. The van der Waals surface area contributed by atoms with Gasteiger partial charge in [0, 0.05) is 6.04 Å². The fraction of sp³-hybridized carbons (Fsp3) is 0.818. The number of carbonyl (C=O) groups excluding carboxylic acids is 1. The van der Waals surface area contributed by atoms with E-state index in [4.69, 9.17) is 0 Å². The van der Waals surface area contributed by atoms with Crippen molar-refractivity contribution in [2.75, 3.05) is 0 Å². The monoisotopic (exact) mass is 269 g/mol. The van der Waals surface area contributed by atoms with Crippen molar-refractivity contribution in [2.24, 2.45) is 0 Å². The predicted molar refractivity (Wildman–Crippen MR) is 69.3 cm³/mol. The van der Waals surface area contributed by atoms with Gasteiger partial charge in [0.2, 0.25) is 11.1 Å². The van der Waals surface area contributed by atoms with Crippen LogP contribution in [0.15, 0.2) is 5.16 Å². The average molecular weight is 269 g/mol. The first kappa shape index (κ1) is 13.3. The summed E-state index contributed by atoms with van der Waals surface area (Å²) in [4.78, 5) is 11.9. The molecule has 1 fully saturated rings. The Kier molecular flexibility index (Phi) is 3.61. The second-order valence-electron chi connectivity index (χ2n) is 5.59. The van der Waals surface area contributed by atoms with Gasteiger partial charge in [-0.3, -0.25) is 4.79 Å². The molecule has 6 nitrogen and oxygen atoms in total. The number of amides is 1. The highest BCUT2D eigenvalue weighted by atomic mass is 32.2. The van der Waals surface area contributed by atoms with Crippen molar-refractivity contribution >= 4 is 17.7 Å². The maximum atomic E-state index is 11.9. The first-order valence-electron chi connectivity index (χ1n) is 6.14. The molecule has 100 valence electrons. The zero-order valence-electron chi connectivity index (χ0n) is 11.2. The summed E-state index contributed by atoms with van der Waals surface area (Å²) in [6.45, 7) is 7.97. The zero-order valence-corrected chi connectivity index (χ0v) is 12.0. The fourth-order valence-electron chi connectivity index (χ4n) is 1.43. The third-order valence-corrected chi connectivity index (χ3v) is 3.68. The SMILES string of the molecule is C[C@H](Sc1nnnn1C(C)(C)C)C(=O)NC1CC1. The largest absolute Gasteiger partial charge is 0.352 e. The van der Waals surface area contributed by atoms with Crippen molar-refractivity contribution < 1.29 is 4.79 Å². The molecule has 18 heavy (non-hydrogen) atoms. The predicted octanol–water partition coefficient (Wildman–Crippen LogP) is 1.19. The lowest BCUT2D eigenvalue weighted by atomic mass is 10.1. The third kappa shape index (κ3) is 3.22. The number of aromatic nitrogens is 4. The van der Waals surface area contributed by atoms with Crippen LogP contribution in [0.1, 0.15) is 40.5 Å². The molecule has 1 aliphatic carbocycles. The number of nitrogens with one attached hydrogen (secondary N) is 1. The summed E-state index contributed by atoms with van der Waals surface area (Å²) in [6, 6.07) is 0.388. The molecule has 1 aromatic heterocycles. The van der Waals surface area contributed by atoms with E-state index in [0.717, 1.165) is 12.8 Å². The van der Waals surface area contributed by atoms with Gasteiger partial charge in [-0.1, -0.05) is 11.8 Å². The number of hydrogen-bond acceptors (Lipinski definition) is 5. The van der Waals surface area contributed by atoms with E-state index in [2.05, 4.69) is 20.8 Å². The second kappa shape index (κ2) is 4.87. The van der Waals surface area contributed by atoms with Crippen LogP contribution in [0.25, 0.3) is 0 Å². The summed E-state index contributed by atoms with van der Waals surface area (Å²) in [5.41, 5.74) is -0.182. The van der Waals surface area contributed by atoms with Crippen molar-refractivity contribution in [3.63, 3.8) is 0 Å². The highest BCUT2D eigenvalue weighted by Crippen LogP contribution is 2.26. The number of thioether (sulfide) groups is 1. The quantitative estimate of drug-likeness (QED) is 0.831. The minimum atomic E-state index is -0.183. The maximum Gasteiger partial charge on any atom is 0.233 e. The Balaban J connectivity index is 2.00. The van der Waals surface area contributed by atoms with Gasteiger partial charge in [-0.25, -0.2) is 4.68 Å². The summed E-state index contributed by atoms with van der Waals surface area (Å²) in [7, 11) is 0. The molecule has 1 heterocycles. The van der Waals surface area contributed by atoms with Gasteiger partial charge in [-0.2, -0.15) is 0 Å². The van der Waals surface area contributed by atoms with Crippen molar-refractivity contribution in [1.29, 1.82) is 0 Å². The van der Waals surface area contributed by atoms with Crippen LogP contribution in [0.2, 0.25) is 0 Å². The molecule has 0 saturated heterocycles. The van der Waals surface area contributed by atoms with Crippen LogP contribution >= 0.6 is 11.8 Å². The summed E-state index contributed by atoms with van der Waals surface area (Å²) in [5.74, 6) is 0.0611. The molecule has 0 aliphatic heterocycles. The molecule has 0 bridgehead atoms. The van der Waals surface area contributed by atoms with Gasteiger partial charge in [-0.15, -0.1) is 5.10 Å². The highest BCUT2D eigenvalue weighted by molar-refractivity contribution is 8.00. The van der Waals surface area contributed by atoms with Gasteiger partial charge in [0.25, 0.3) is 0 Å². The van der Waals surface area contributed by atoms with Gasteiger partial charge < -0.3 is 5.32 Å². The summed E-state index contributed by atoms with van der Waals surface area (Å²) in [6.07, 6.45) is 2.20. The number of tetrazole rings is 1. The molecule has 0 spiro atoms. The van der Waals surface area contributed by atoms with Crippen molar-refractivity contribution in [1.82, 2.24) is 25.5 Å². The Labute approximate surface area is 111 Å². The molecule has 1 aliphatic rings. The Morgan fingerprint density at radius 2 is 2.17 bits per heavy atom. The lowest BCUT2D eigenvalue weighted by Crippen LogP contribution is -2.33. The van der Waals surface area contributed by atoms with Gasteiger partial charge in [-0.05, 0) is 51.0 Å². The smallest absolute Gasteiger partial charge is 0.233 e. The molecule has 0 aromatic carbocycles. The molecule has 7 heteroatoms. The number of nitrogens with zero attached hydrogens (tertiary/aromatic N) is 4. The minimum Gasteiger partial charge on any atom is -0.352 e. The molecule has 1 atom stereocenters. The fourth-order valence-corrected chi connectivity index (χ4v) is 2.42. The van der Waals surface area contributed by atoms with Gasteiger partial charge >= 0.3 is 0 Å². The Hall–Kier alpha value is -1.11. The Morgan fingerprint density at radius 3 is 2.72 bits per heavy atom. The van der Waals surface area contributed by atoms with E-state index >= 15 is 0 Å². The van der Waals surface area contributed by atoms with Crippen LogP contribution in [0.4, 0.5) is 0 Å². The standard InChI is InChI=1S/C11H19N5OS/c1-7(9(17)12-8-5-6-8)18-10-13-14-15-16(10)11(2,3)4/h7-8H,5-6H2,1-4H3,(H,12,17)/t7-/m0/s1. The molecular formula is C11H19N5OS. The lowest BCUT2D eigenvalue weighted by molar-refractivity contribution is -0.120. The van der Waals surface area contributed by atoms with E-state index in [9.17, 15) is 4.79 Å². The lowest BCUT2D eigenvalue weighted by Gasteiger charge is -2.20. The number of hydrogen-bond donors (Lipinski definition) is 1. The summed E-state index contributed by atoms with van der Waals surface area (Å²) >= 11 is 1.40. The number of rotatable bonds is 4. The first-order chi connectivity index (χ1) is 8.38. The molecule has 1 amide bonds. The van der Waals surface area contributed by atoms with E-state index < -0.39 is 0 Å². The molecule has 2 rings (SSSR count). The molecule has 1 N–H and O–H groups in total. The first-order valence-corrected chi connectivity index (χ1v) is 7.02. The van der Waals surface area contributed by atoms with Crippen LogP contribution in [-0.4, -0.2) is 37.4 Å². The zero-order chi connectivity index (χ0) is 13.3. The summed E-state index contributed by atoms with van der Waals surface area (Å²) < 4.78 is 1.75. The summed E-state index contributed by atoms with van der Waals surface area (Å²) in [5, 5.41) is 15.1. The molecular weight excluding hydrogens is 250 g/mol. The van der Waals surface area contributed by atoms with Crippen LogP contribution in [-0.2, 0) is 10.3 Å². The van der Waals surface area contributed by atoms with Gasteiger partial charge in [0.05, 0.1) is 10.8 Å².